The van der Waals surface area contributed by atoms with Gasteiger partial charge < -0.3 is 19.7 Å². The van der Waals surface area contributed by atoms with Crippen LogP contribution in [0.4, 0.5) is 5.82 Å². The number of hydrogen-bond acceptors (Lipinski definition) is 6. The van der Waals surface area contributed by atoms with Gasteiger partial charge in [-0.1, -0.05) is 11.2 Å². The van der Waals surface area contributed by atoms with E-state index in [0.717, 1.165) is 16.0 Å². The molecule has 1 aromatic carbocycles. The predicted octanol–water partition coefficient (Wildman–Crippen LogP) is 3.67. The van der Waals surface area contributed by atoms with Gasteiger partial charge in [0.15, 0.2) is 11.6 Å². The molecule has 0 atom stereocenters. The Morgan fingerprint density at radius 3 is 2.43 bits per heavy atom. The van der Waals surface area contributed by atoms with Crippen molar-refractivity contribution in [2.45, 2.75) is 0 Å². The van der Waals surface area contributed by atoms with Crippen LogP contribution in [0.2, 0.25) is 0 Å². The summed E-state index contributed by atoms with van der Waals surface area (Å²) >= 11 is 1.58. The molecule has 0 aliphatic heterocycles. The van der Waals surface area contributed by atoms with E-state index < -0.39 is 0 Å². The second-order valence-corrected chi connectivity index (χ2v) is 5.30. The monoisotopic (exact) mass is 302 g/mol. The van der Waals surface area contributed by atoms with Crippen LogP contribution in [0, 0.1) is 0 Å². The predicted molar refractivity (Wildman–Crippen MR) is 82.8 cm³/mol. The number of nitrogen functional groups attached to an aromatic ring is 1. The van der Waals surface area contributed by atoms with Crippen LogP contribution in [0.3, 0.4) is 0 Å². The van der Waals surface area contributed by atoms with Crippen molar-refractivity contribution in [2.24, 2.45) is 0 Å². The summed E-state index contributed by atoms with van der Waals surface area (Å²) < 4.78 is 16.0. The van der Waals surface area contributed by atoms with Crippen LogP contribution in [0.15, 0.2) is 40.2 Å². The van der Waals surface area contributed by atoms with Gasteiger partial charge in [-0.3, -0.25) is 0 Å². The van der Waals surface area contributed by atoms with Crippen molar-refractivity contribution < 1.29 is 14.0 Å². The van der Waals surface area contributed by atoms with Gasteiger partial charge in [-0.2, -0.15) is 0 Å². The van der Waals surface area contributed by atoms with E-state index in [4.69, 9.17) is 19.7 Å². The van der Waals surface area contributed by atoms with Crippen LogP contribution in [0.1, 0.15) is 0 Å². The maximum absolute atomic E-state index is 5.95. The molecular formula is C15H14N2O3S. The molecule has 0 aliphatic rings. The fourth-order valence-electron chi connectivity index (χ4n) is 2.10. The third-order valence-electron chi connectivity index (χ3n) is 3.10. The molecule has 0 bridgehead atoms. The Morgan fingerprint density at radius 2 is 1.86 bits per heavy atom. The van der Waals surface area contributed by atoms with Gasteiger partial charge in [0, 0.05) is 16.5 Å². The lowest BCUT2D eigenvalue weighted by Crippen LogP contribution is -1.90. The Bertz CT molecular complexity index is 728. The zero-order valence-corrected chi connectivity index (χ0v) is 12.4. The van der Waals surface area contributed by atoms with E-state index in [1.165, 1.54) is 0 Å². The lowest BCUT2D eigenvalue weighted by molar-refractivity contribution is 0.393. The van der Waals surface area contributed by atoms with Crippen molar-refractivity contribution in [3.8, 4) is 33.3 Å². The number of thiophene rings is 1. The van der Waals surface area contributed by atoms with E-state index in [0.29, 0.717) is 23.1 Å². The Kier molecular flexibility index (Phi) is 3.53. The first-order chi connectivity index (χ1) is 10.2. The molecular weight excluding hydrogens is 288 g/mol. The molecule has 0 spiro atoms. The molecule has 0 aliphatic carbocycles. The Labute approximate surface area is 125 Å². The molecule has 0 saturated carbocycles. The maximum atomic E-state index is 5.95. The van der Waals surface area contributed by atoms with Crippen molar-refractivity contribution in [2.75, 3.05) is 20.0 Å². The second kappa shape index (κ2) is 5.49. The summed E-state index contributed by atoms with van der Waals surface area (Å²) in [5.41, 5.74) is 7.55. The largest absolute Gasteiger partial charge is 0.497 e. The molecule has 21 heavy (non-hydrogen) atoms. The standard InChI is InChI=1S/C15H14N2O3S/c1-18-10-6-9(7-11(8-10)19-2)14-13(15(16)17-20-14)12-4-3-5-21-12/h3-8H,1-2H3,(H2,16,17). The van der Waals surface area contributed by atoms with Crippen LogP contribution in [0.5, 0.6) is 11.5 Å². The molecule has 0 radical (unpaired) electrons. The van der Waals surface area contributed by atoms with Gasteiger partial charge in [-0.05, 0) is 23.6 Å². The number of ether oxygens (including phenoxy) is 2. The number of benzene rings is 1. The summed E-state index contributed by atoms with van der Waals surface area (Å²) in [4.78, 5) is 1.01. The van der Waals surface area contributed by atoms with Crippen LogP contribution in [-0.4, -0.2) is 19.4 Å². The van der Waals surface area contributed by atoms with Crippen molar-refractivity contribution in [1.82, 2.24) is 5.16 Å². The molecule has 2 N–H and O–H groups in total. The van der Waals surface area contributed by atoms with Crippen molar-refractivity contribution in [3.05, 3.63) is 35.7 Å². The number of rotatable bonds is 4. The van der Waals surface area contributed by atoms with E-state index in [1.807, 2.05) is 29.6 Å². The van der Waals surface area contributed by atoms with Crippen LogP contribution < -0.4 is 15.2 Å². The molecule has 0 fully saturated rings. The minimum Gasteiger partial charge on any atom is -0.497 e. The van der Waals surface area contributed by atoms with Crippen LogP contribution >= 0.6 is 11.3 Å². The molecule has 6 heteroatoms. The van der Waals surface area contributed by atoms with Gasteiger partial charge in [0.2, 0.25) is 0 Å². The topological polar surface area (TPSA) is 70.5 Å². The summed E-state index contributed by atoms with van der Waals surface area (Å²) in [6.07, 6.45) is 0. The fourth-order valence-corrected chi connectivity index (χ4v) is 2.87. The Balaban J connectivity index is 2.18. The smallest absolute Gasteiger partial charge is 0.178 e. The van der Waals surface area contributed by atoms with Crippen molar-refractivity contribution in [1.29, 1.82) is 0 Å². The van der Waals surface area contributed by atoms with Crippen LogP contribution in [0.25, 0.3) is 21.8 Å². The zero-order chi connectivity index (χ0) is 14.8. The zero-order valence-electron chi connectivity index (χ0n) is 11.6. The van der Waals surface area contributed by atoms with Gasteiger partial charge in [-0.25, -0.2) is 0 Å². The highest BCUT2D eigenvalue weighted by Crippen LogP contribution is 2.40. The first-order valence-corrected chi connectivity index (χ1v) is 7.13. The molecule has 0 saturated heterocycles. The Hall–Kier alpha value is -2.47. The summed E-state index contributed by atoms with van der Waals surface area (Å²) in [5.74, 6) is 2.33. The van der Waals surface area contributed by atoms with E-state index in [2.05, 4.69) is 5.16 Å². The van der Waals surface area contributed by atoms with Crippen molar-refractivity contribution in [3.63, 3.8) is 0 Å². The summed E-state index contributed by atoms with van der Waals surface area (Å²) in [7, 11) is 3.21. The number of hydrogen-bond donors (Lipinski definition) is 1. The third kappa shape index (κ3) is 2.45. The molecule has 5 nitrogen and oxygen atoms in total. The average Bonchev–Trinajstić information content (AvgIpc) is 3.15. The van der Waals surface area contributed by atoms with Crippen molar-refractivity contribution >= 4 is 17.2 Å². The molecule has 2 aromatic heterocycles. The highest BCUT2D eigenvalue weighted by Gasteiger charge is 2.19. The molecule has 0 amide bonds. The van der Waals surface area contributed by atoms with E-state index >= 15 is 0 Å². The summed E-state index contributed by atoms with van der Waals surface area (Å²) in [6.45, 7) is 0. The first-order valence-electron chi connectivity index (χ1n) is 6.25. The number of aromatic nitrogens is 1. The van der Waals surface area contributed by atoms with Gasteiger partial charge >= 0.3 is 0 Å². The molecule has 0 unspecified atom stereocenters. The fraction of sp³-hybridized carbons (Fsp3) is 0.133. The summed E-state index contributed by atoms with van der Waals surface area (Å²) in [6, 6.07) is 9.46. The minimum absolute atomic E-state index is 0.370. The van der Waals surface area contributed by atoms with E-state index in [1.54, 1.807) is 31.6 Å². The minimum atomic E-state index is 0.370. The second-order valence-electron chi connectivity index (χ2n) is 4.35. The molecule has 108 valence electrons. The van der Waals surface area contributed by atoms with Gasteiger partial charge in [0.05, 0.1) is 19.8 Å². The van der Waals surface area contributed by atoms with E-state index in [-0.39, 0.29) is 0 Å². The van der Waals surface area contributed by atoms with E-state index in [9.17, 15) is 0 Å². The lowest BCUT2D eigenvalue weighted by atomic mass is 10.1. The van der Waals surface area contributed by atoms with Gasteiger partial charge in [0.25, 0.3) is 0 Å². The third-order valence-corrected chi connectivity index (χ3v) is 3.99. The lowest BCUT2D eigenvalue weighted by Gasteiger charge is -2.07. The number of anilines is 1. The van der Waals surface area contributed by atoms with Crippen LogP contribution in [-0.2, 0) is 0 Å². The number of nitrogens with zero attached hydrogens (tertiary/aromatic N) is 1. The highest BCUT2D eigenvalue weighted by atomic mass is 32.1. The SMILES string of the molecule is COc1cc(OC)cc(-c2onc(N)c2-c2cccs2)c1. The first kappa shape index (κ1) is 13.5. The van der Waals surface area contributed by atoms with Gasteiger partial charge in [-0.15, -0.1) is 11.3 Å². The summed E-state index contributed by atoms with van der Waals surface area (Å²) in [5, 5.41) is 5.87. The average molecular weight is 302 g/mol. The quantitative estimate of drug-likeness (QED) is 0.796. The molecule has 3 aromatic rings. The molecule has 3 rings (SSSR count). The maximum Gasteiger partial charge on any atom is 0.178 e. The normalized spacial score (nSPS) is 10.6. The van der Waals surface area contributed by atoms with Gasteiger partial charge in [0.1, 0.15) is 11.5 Å². The molecule has 2 heterocycles. The number of nitrogens with two attached hydrogens (primary N) is 1. The Morgan fingerprint density at radius 1 is 1.14 bits per heavy atom. The number of methoxy groups -OCH3 is 2. The highest BCUT2D eigenvalue weighted by molar-refractivity contribution is 7.13.